The second kappa shape index (κ2) is 4.19. The maximum Gasteiger partial charge on any atom is 0.0529 e. The summed E-state index contributed by atoms with van der Waals surface area (Å²) < 4.78 is 0. The molecule has 0 bridgehead atoms. The van der Waals surface area contributed by atoms with Crippen LogP contribution in [0, 0.1) is 0 Å². The summed E-state index contributed by atoms with van der Waals surface area (Å²) in [6.07, 6.45) is 8.77. The van der Waals surface area contributed by atoms with E-state index in [1.165, 1.54) is 32.1 Å². The first-order valence-corrected chi connectivity index (χ1v) is 9.32. The first kappa shape index (κ1) is 12.0. The summed E-state index contributed by atoms with van der Waals surface area (Å²) in [4.78, 5) is 0. The molecule has 1 unspecified atom stereocenters. The second-order valence-corrected chi connectivity index (χ2v) is 11.2. The van der Waals surface area contributed by atoms with Crippen molar-refractivity contribution in [2.24, 2.45) is 5.73 Å². The Labute approximate surface area is 89.8 Å². The minimum Gasteiger partial charge on any atom is -0.324 e. The molecule has 0 aromatic heterocycles. The lowest BCUT2D eigenvalue weighted by Crippen LogP contribution is -2.51. The predicted octanol–water partition coefficient (Wildman–Crippen LogP) is 3.54. The van der Waals surface area contributed by atoms with Gasteiger partial charge in [0.1, 0.15) is 0 Å². The normalized spacial score (nSPS) is 24.3. The van der Waals surface area contributed by atoms with Crippen molar-refractivity contribution in [1.29, 1.82) is 0 Å². The standard InChI is InChI=1S/C12H25NSi/c1-5-11(13)12(14(2,3)4)9-7-6-8-10-12/h5,11H,1,6-10,13H2,2-4H3. The third-order valence-electron chi connectivity index (χ3n) is 4.13. The average molecular weight is 211 g/mol. The Morgan fingerprint density at radius 3 is 2.07 bits per heavy atom. The molecule has 0 spiro atoms. The lowest BCUT2D eigenvalue weighted by Gasteiger charge is -2.49. The Balaban J connectivity index is 2.94. The Kier molecular flexibility index (Phi) is 3.59. The maximum absolute atomic E-state index is 6.29. The molecule has 0 saturated heterocycles. The summed E-state index contributed by atoms with van der Waals surface area (Å²) in [6, 6.07) is 0.217. The molecule has 1 atom stereocenters. The van der Waals surface area contributed by atoms with E-state index in [2.05, 4.69) is 26.2 Å². The van der Waals surface area contributed by atoms with E-state index in [1.54, 1.807) is 0 Å². The van der Waals surface area contributed by atoms with E-state index in [1.807, 2.05) is 6.08 Å². The van der Waals surface area contributed by atoms with Crippen molar-refractivity contribution in [3.63, 3.8) is 0 Å². The maximum atomic E-state index is 6.29. The quantitative estimate of drug-likeness (QED) is 0.561. The molecule has 2 N–H and O–H groups in total. The fourth-order valence-corrected chi connectivity index (χ4v) is 5.96. The van der Waals surface area contributed by atoms with E-state index in [4.69, 9.17) is 5.73 Å². The number of nitrogens with two attached hydrogens (primary N) is 1. The van der Waals surface area contributed by atoms with Gasteiger partial charge in [0, 0.05) is 6.04 Å². The van der Waals surface area contributed by atoms with E-state index in [9.17, 15) is 0 Å². The van der Waals surface area contributed by atoms with Gasteiger partial charge in [0.25, 0.3) is 0 Å². The topological polar surface area (TPSA) is 26.0 Å². The minimum atomic E-state index is -1.19. The molecule has 1 saturated carbocycles. The molecule has 0 radical (unpaired) electrons. The van der Waals surface area contributed by atoms with Gasteiger partial charge in [0.15, 0.2) is 0 Å². The number of rotatable bonds is 3. The lowest BCUT2D eigenvalue weighted by atomic mass is 9.83. The summed E-state index contributed by atoms with van der Waals surface area (Å²) >= 11 is 0. The molecular formula is C12H25NSi. The van der Waals surface area contributed by atoms with E-state index in [-0.39, 0.29) is 6.04 Å². The van der Waals surface area contributed by atoms with E-state index >= 15 is 0 Å². The monoisotopic (exact) mass is 211 g/mol. The highest BCUT2D eigenvalue weighted by atomic mass is 28.3. The van der Waals surface area contributed by atoms with Gasteiger partial charge in [0.05, 0.1) is 8.07 Å². The minimum absolute atomic E-state index is 0.217. The van der Waals surface area contributed by atoms with Gasteiger partial charge in [-0.3, -0.25) is 0 Å². The van der Waals surface area contributed by atoms with Gasteiger partial charge in [-0.1, -0.05) is 45.0 Å². The molecule has 14 heavy (non-hydrogen) atoms. The van der Waals surface area contributed by atoms with Gasteiger partial charge in [0.2, 0.25) is 0 Å². The molecule has 2 heteroatoms. The van der Waals surface area contributed by atoms with Crippen LogP contribution in [0.1, 0.15) is 32.1 Å². The molecule has 0 aromatic carbocycles. The molecule has 0 aromatic rings. The molecule has 1 fully saturated rings. The van der Waals surface area contributed by atoms with Crippen LogP contribution >= 0.6 is 0 Å². The van der Waals surface area contributed by atoms with Gasteiger partial charge in [-0.15, -0.1) is 6.58 Å². The number of hydrogen-bond donors (Lipinski definition) is 1. The Bertz CT molecular complexity index is 199. The highest BCUT2D eigenvalue weighted by Gasteiger charge is 2.46. The van der Waals surface area contributed by atoms with E-state index < -0.39 is 8.07 Å². The zero-order chi connectivity index (χ0) is 10.8. The van der Waals surface area contributed by atoms with Crippen molar-refractivity contribution in [2.45, 2.75) is 62.8 Å². The van der Waals surface area contributed by atoms with Gasteiger partial charge in [-0.25, -0.2) is 0 Å². The largest absolute Gasteiger partial charge is 0.324 e. The van der Waals surface area contributed by atoms with Crippen molar-refractivity contribution in [3.05, 3.63) is 12.7 Å². The van der Waals surface area contributed by atoms with E-state index in [0.29, 0.717) is 5.04 Å². The molecule has 0 aliphatic heterocycles. The summed E-state index contributed by atoms with van der Waals surface area (Å²) in [5, 5.41) is 0.424. The molecule has 0 heterocycles. The molecule has 82 valence electrons. The van der Waals surface area contributed by atoms with Crippen LogP contribution in [0.2, 0.25) is 24.7 Å². The summed E-state index contributed by atoms with van der Waals surface area (Å²) in [7, 11) is -1.19. The number of hydrogen-bond acceptors (Lipinski definition) is 1. The Morgan fingerprint density at radius 1 is 1.21 bits per heavy atom. The molecule has 0 amide bonds. The Hall–Kier alpha value is -0.0831. The molecular weight excluding hydrogens is 186 g/mol. The highest BCUT2D eigenvalue weighted by molar-refractivity contribution is 6.79. The van der Waals surface area contributed by atoms with Crippen LogP contribution in [0.3, 0.4) is 0 Å². The van der Waals surface area contributed by atoms with Crippen LogP contribution in [0.5, 0.6) is 0 Å². The molecule has 1 nitrogen and oxygen atoms in total. The van der Waals surface area contributed by atoms with Gasteiger partial charge < -0.3 is 5.73 Å². The van der Waals surface area contributed by atoms with Crippen LogP contribution in [-0.2, 0) is 0 Å². The Morgan fingerprint density at radius 2 is 1.71 bits per heavy atom. The second-order valence-electron chi connectivity index (χ2n) is 5.73. The highest BCUT2D eigenvalue weighted by Crippen LogP contribution is 2.52. The third-order valence-corrected chi connectivity index (χ3v) is 7.95. The lowest BCUT2D eigenvalue weighted by molar-refractivity contribution is 0.338. The summed E-state index contributed by atoms with van der Waals surface area (Å²) in [5.74, 6) is 0. The van der Waals surface area contributed by atoms with Gasteiger partial charge >= 0.3 is 0 Å². The first-order valence-electron chi connectivity index (χ1n) is 5.82. The SMILES string of the molecule is C=CC(N)C1([Si](C)(C)C)CCCCC1. The van der Waals surface area contributed by atoms with Gasteiger partial charge in [-0.2, -0.15) is 0 Å². The fourth-order valence-electron chi connectivity index (χ4n) is 2.99. The van der Waals surface area contributed by atoms with E-state index in [0.717, 1.165) is 0 Å². The average Bonchev–Trinajstić information content (AvgIpc) is 2.16. The zero-order valence-corrected chi connectivity index (χ0v) is 11.0. The summed E-state index contributed by atoms with van der Waals surface area (Å²) in [5.41, 5.74) is 6.29. The van der Waals surface area contributed by atoms with Crippen LogP contribution in [0.25, 0.3) is 0 Å². The predicted molar refractivity (Wildman–Crippen MR) is 67.3 cm³/mol. The van der Waals surface area contributed by atoms with Crippen LogP contribution in [0.15, 0.2) is 12.7 Å². The fraction of sp³-hybridized carbons (Fsp3) is 0.833. The smallest absolute Gasteiger partial charge is 0.0529 e. The van der Waals surface area contributed by atoms with Crippen molar-refractivity contribution in [3.8, 4) is 0 Å². The van der Waals surface area contributed by atoms with Crippen LogP contribution in [-0.4, -0.2) is 14.1 Å². The van der Waals surface area contributed by atoms with Crippen molar-refractivity contribution < 1.29 is 0 Å². The van der Waals surface area contributed by atoms with Crippen molar-refractivity contribution in [2.75, 3.05) is 0 Å². The third kappa shape index (κ3) is 1.96. The molecule has 1 aliphatic rings. The van der Waals surface area contributed by atoms with Crippen molar-refractivity contribution >= 4 is 8.07 Å². The molecule has 1 rings (SSSR count). The summed E-state index contributed by atoms with van der Waals surface area (Å²) in [6.45, 7) is 11.3. The van der Waals surface area contributed by atoms with Crippen LogP contribution in [0.4, 0.5) is 0 Å². The van der Waals surface area contributed by atoms with Gasteiger partial charge in [-0.05, 0) is 17.9 Å². The molecule has 1 aliphatic carbocycles. The van der Waals surface area contributed by atoms with Crippen LogP contribution < -0.4 is 5.73 Å². The van der Waals surface area contributed by atoms with Crippen molar-refractivity contribution in [1.82, 2.24) is 0 Å². The zero-order valence-electron chi connectivity index (χ0n) is 9.97. The first-order chi connectivity index (χ1) is 6.44.